The number of likely N-dealkylation sites (tertiary alicyclic amines) is 1. The number of carbonyl (C=O) groups excluding carboxylic acids is 2. The van der Waals surface area contributed by atoms with Crippen LogP contribution in [-0.4, -0.2) is 42.0 Å². The zero-order valence-electron chi connectivity index (χ0n) is 14.6. The standard InChI is InChI=1S/C19H27N3O2/c1-3-15(4-2)17(23)21-12-10-19(11-13-21)18(24)20-14-22(19)16-8-6-5-7-9-16/h5-9,15H,3-4,10-14H2,1-2H3,(H,20,24). The number of nitrogens with one attached hydrogen (secondary N) is 1. The summed E-state index contributed by atoms with van der Waals surface area (Å²) < 4.78 is 0. The number of amides is 2. The minimum Gasteiger partial charge on any atom is -0.342 e. The van der Waals surface area contributed by atoms with E-state index in [1.165, 1.54) is 0 Å². The van der Waals surface area contributed by atoms with E-state index in [9.17, 15) is 9.59 Å². The van der Waals surface area contributed by atoms with Gasteiger partial charge in [-0.1, -0.05) is 32.0 Å². The second-order valence-electron chi connectivity index (χ2n) is 6.80. The van der Waals surface area contributed by atoms with Gasteiger partial charge in [-0.15, -0.1) is 0 Å². The van der Waals surface area contributed by atoms with Crippen molar-refractivity contribution in [2.75, 3.05) is 24.7 Å². The second kappa shape index (κ2) is 6.83. The third kappa shape index (κ3) is 2.76. The van der Waals surface area contributed by atoms with Gasteiger partial charge in [0.2, 0.25) is 11.8 Å². The van der Waals surface area contributed by atoms with Gasteiger partial charge in [-0.3, -0.25) is 9.59 Å². The molecule has 5 heteroatoms. The largest absolute Gasteiger partial charge is 0.342 e. The number of benzene rings is 1. The number of carbonyl (C=O) groups is 2. The third-order valence-electron chi connectivity index (χ3n) is 5.64. The predicted molar refractivity (Wildman–Crippen MR) is 94.5 cm³/mol. The number of para-hydroxylation sites is 1. The normalized spacial score (nSPS) is 19.9. The highest BCUT2D eigenvalue weighted by Gasteiger charge is 2.50. The smallest absolute Gasteiger partial charge is 0.247 e. The quantitative estimate of drug-likeness (QED) is 0.923. The monoisotopic (exact) mass is 329 g/mol. The van der Waals surface area contributed by atoms with Gasteiger partial charge in [-0.2, -0.15) is 0 Å². The highest BCUT2D eigenvalue weighted by molar-refractivity contribution is 5.93. The van der Waals surface area contributed by atoms with Crippen molar-refractivity contribution in [1.29, 1.82) is 0 Å². The van der Waals surface area contributed by atoms with E-state index < -0.39 is 5.54 Å². The molecule has 0 saturated carbocycles. The van der Waals surface area contributed by atoms with Crippen molar-refractivity contribution >= 4 is 17.5 Å². The van der Waals surface area contributed by atoms with Crippen molar-refractivity contribution in [3.8, 4) is 0 Å². The topological polar surface area (TPSA) is 52.7 Å². The van der Waals surface area contributed by atoms with Crippen LogP contribution in [-0.2, 0) is 9.59 Å². The van der Waals surface area contributed by atoms with Crippen LogP contribution in [0.3, 0.4) is 0 Å². The number of rotatable bonds is 4. The Kier molecular flexibility index (Phi) is 4.78. The summed E-state index contributed by atoms with van der Waals surface area (Å²) in [5.74, 6) is 0.460. The van der Waals surface area contributed by atoms with Gasteiger partial charge in [-0.25, -0.2) is 0 Å². The lowest BCUT2D eigenvalue weighted by Gasteiger charge is -2.44. The molecule has 0 aliphatic carbocycles. The first kappa shape index (κ1) is 16.8. The molecule has 0 radical (unpaired) electrons. The highest BCUT2D eigenvalue weighted by atomic mass is 16.2. The lowest BCUT2D eigenvalue weighted by atomic mass is 9.85. The maximum Gasteiger partial charge on any atom is 0.247 e. The van der Waals surface area contributed by atoms with Crippen LogP contribution in [0.25, 0.3) is 0 Å². The molecule has 1 aromatic carbocycles. The number of hydrogen-bond donors (Lipinski definition) is 1. The Balaban J connectivity index is 1.75. The van der Waals surface area contributed by atoms with E-state index in [4.69, 9.17) is 0 Å². The van der Waals surface area contributed by atoms with Crippen molar-refractivity contribution in [3.63, 3.8) is 0 Å². The van der Waals surface area contributed by atoms with Crippen molar-refractivity contribution in [3.05, 3.63) is 30.3 Å². The molecule has 2 saturated heterocycles. The second-order valence-corrected chi connectivity index (χ2v) is 6.80. The summed E-state index contributed by atoms with van der Waals surface area (Å²) in [6.45, 7) is 6.00. The van der Waals surface area contributed by atoms with E-state index >= 15 is 0 Å². The van der Waals surface area contributed by atoms with E-state index in [1.807, 2.05) is 35.2 Å². The first-order chi connectivity index (χ1) is 11.6. The minimum atomic E-state index is -0.508. The lowest BCUT2D eigenvalue weighted by molar-refractivity contribution is -0.139. The van der Waals surface area contributed by atoms with Crippen LogP contribution in [0, 0.1) is 5.92 Å². The van der Waals surface area contributed by atoms with Crippen LogP contribution >= 0.6 is 0 Å². The number of piperidine rings is 1. The Morgan fingerprint density at radius 1 is 1.17 bits per heavy atom. The molecule has 1 aromatic rings. The van der Waals surface area contributed by atoms with Crippen LogP contribution in [0.4, 0.5) is 5.69 Å². The summed E-state index contributed by atoms with van der Waals surface area (Å²) in [6.07, 6.45) is 3.15. The van der Waals surface area contributed by atoms with Crippen LogP contribution in [0.15, 0.2) is 30.3 Å². The van der Waals surface area contributed by atoms with Gasteiger partial charge >= 0.3 is 0 Å². The predicted octanol–water partition coefficient (Wildman–Crippen LogP) is 2.38. The van der Waals surface area contributed by atoms with E-state index in [0.29, 0.717) is 32.6 Å². The summed E-state index contributed by atoms with van der Waals surface area (Å²) in [5, 5.41) is 3.00. The molecule has 24 heavy (non-hydrogen) atoms. The van der Waals surface area contributed by atoms with Crippen LogP contribution in [0.1, 0.15) is 39.5 Å². The van der Waals surface area contributed by atoms with Gasteiger partial charge in [0.15, 0.2) is 0 Å². The molecular weight excluding hydrogens is 302 g/mol. The van der Waals surface area contributed by atoms with Crippen molar-refractivity contribution < 1.29 is 9.59 Å². The molecular formula is C19H27N3O2. The fraction of sp³-hybridized carbons (Fsp3) is 0.579. The highest BCUT2D eigenvalue weighted by Crippen LogP contribution is 2.36. The zero-order chi connectivity index (χ0) is 17.2. The van der Waals surface area contributed by atoms with Crippen molar-refractivity contribution in [2.45, 2.75) is 45.1 Å². The van der Waals surface area contributed by atoms with Gasteiger partial charge < -0.3 is 15.1 Å². The molecule has 1 spiro atoms. The van der Waals surface area contributed by atoms with Gasteiger partial charge in [0.25, 0.3) is 0 Å². The minimum absolute atomic E-state index is 0.0981. The van der Waals surface area contributed by atoms with Gasteiger partial charge in [0.1, 0.15) is 5.54 Å². The Hall–Kier alpha value is -2.04. The molecule has 130 valence electrons. The molecule has 5 nitrogen and oxygen atoms in total. The maximum atomic E-state index is 12.6. The fourth-order valence-corrected chi connectivity index (χ4v) is 4.03. The molecule has 3 rings (SSSR count). The van der Waals surface area contributed by atoms with Crippen molar-refractivity contribution in [1.82, 2.24) is 10.2 Å². The Labute approximate surface area is 144 Å². The van der Waals surface area contributed by atoms with Gasteiger partial charge in [0, 0.05) is 24.7 Å². The Bertz CT molecular complexity index is 590. The number of nitrogens with zero attached hydrogens (tertiary/aromatic N) is 2. The number of anilines is 1. The van der Waals surface area contributed by atoms with Crippen LogP contribution < -0.4 is 10.2 Å². The van der Waals surface area contributed by atoms with Gasteiger partial charge in [-0.05, 0) is 37.8 Å². The number of hydrogen-bond acceptors (Lipinski definition) is 3. The van der Waals surface area contributed by atoms with Crippen LogP contribution in [0.5, 0.6) is 0 Å². The summed E-state index contributed by atoms with van der Waals surface area (Å²) in [7, 11) is 0. The molecule has 1 N–H and O–H groups in total. The van der Waals surface area contributed by atoms with E-state index in [0.717, 1.165) is 18.5 Å². The SMILES string of the molecule is CCC(CC)C(=O)N1CCC2(CC1)C(=O)NCN2c1ccccc1. The molecule has 2 amide bonds. The summed E-state index contributed by atoms with van der Waals surface area (Å²) >= 11 is 0. The molecule has 0 bridgehead atoms. The average molecular weight is 329 g/mol. The molecule has 2 heterocycles. The maximum absolute atomic E-state index is 12.6. The molecule has 0 unspecified atom stereocenters. The third-order valence-corrected chi connectivity index (χ3v) is 5.64. The summed E-state index contributed by atoms with van der Waals surface area (Å²) in [4.78, 5) is 29.3. The van der Waals surface area contributed by atoms with E-state index in [1.54, 1.807) is 0 Å². The zero-order valence-corrected chi connectivity index (χ0v) is 14.6. The Morgan fingerprint density at radius 2 is 1.79 bits per heavy atom. The molecule has 0 atom stereocenters. The van der Waals surface area contributed by atoms with Crippen LogP contribution in [0.2, 0.25) is 0 Å². The first-order valence-electron chi connectivity index (χ1n) is 9.02. The summed E-state index contributed by atoms with van der Waals surface area (Å²) in [6, 6.07) is 10.1. The molecule has 2 aliphatic heterocycles. The summed E-state index contributed by atoms with van der Waals surface area (Å²) in [5.41, 5.74) is 0.558. The van der Waals surface area contributed by atoms with Gasteiger partial charge in [0.05, 0.1) is 6.67 Å². The molecule has 0 aromatic heterocycles. The van der Waals surface area contributed by atoms with E-state index in [-0.39, 0.29) is 17.7 Å². The first-order valence-corrected chi connectivity index (χ1v) is 9.02. The lowest BCUT2D eigenvalue weighted by Crippen LogP contribution is -2.57. The average Bonchev–Trinajstić information content (AvgIpc) is 2.93. The fourth-order valence-electron chi connectivity index (χ4n) is 4.03. The molecule has 2 fully saturated rings. The Morgan fingerprint density at radius 3 is 2.38 bits per heavy atom. The molecule has 2 aliphatic rings. The van der Waals surface area contributed by atoms with E-state index in [2.05, 4.69) is 24.1 Å². The van der Waals surface area contributed by atoms with Crippen molar-refractivity contribution in [2.24, 2.45) is 5.92 Å².